The maximum Gasteiger partial charge on any atom is -0.0323 e. The van der Waals surface area contributed by atoms with Gasteiger partial charge in [0, 0.05) is 0 Å². The molecule has 0 N–H and O–H groups in total. The number of hydrogen-bond donors (Lipinski definition) is 0. The van der Waals surface area contributed by atoms with E-state index in [2.05, 4.69) is 27.7 Å². The molecule has 0 bridgehead atoms. The van der Waals surface area contributed by atoms with E-state index >= 15 is 0 Å². The zero-order valence-electron chi connectivity index (χ0n) is 9.19. The second-order valence-corrected chi connectivity index (χ2v) is 5.33. The Morgan fingerprint density at radius 2 is 1.92 bits per heavy atom. The van der Waals surface area contributed by atoms with Crippen LogP contribution in [0.1, 0.15) is 59.8 Å². The van der Waals surface area contributed by atoms with Crippen LogP contribution >= 0.6 is 0 Å². The van der Waals surface area contributed by atoms with Crippen LogP contribution in [-0.2, 0) is 0 Å². The van der Waals surface area contributed by atoms with E-state index in [-0.39, 0.29) is 0 Å². The maximum atomic E-state index is 2.46. The molecule has 0 aliphatic heterocycles. The highest BCUT2D eigenvalue weighted by Crippen LogP contribution is 2.45. The van der Waals surface area contributed by atoms with Crippen molar-refractivity contribution in [1.29, 1.82) is 0 Å². The van der Waals surface area contributed by atoms with Crippen molar-refractivity contribution in [2.24, 2.45) is 17.3 Å². The van der Waals surface area contributed by atoms with Gasteiger partial charge in [-0.25, -0.2) is 0 Å². The molecule has 0 radical (unpaired) electrons. The minimum absolute atomic E-state index is 0.619. The summed E-state index contributed by atoms with van der Waals surface area (Å²) in [6, 6.07) is 0. The van der Waals surface area contributed by atoms with Crippen LogP contribution in [0.4, 0.5) is 0 Å². The Hall–Kier alpha value is 0. The van der Waals surface area contributed by atoms with Gasteiger partial charge in [-0.3, -0.25) is 0 Å². The maximum absolute atomic E-state index is 2.46. The molecule has 0 aromatic rings. The summed E-state index contributed by atoms with van der Waals surface area (Å²) < 4.78 is 0. The van der Waals surface area contributed by atoms with Crippen molar-refractivity contribution in [2.45, 2.75) is 59.8 Å². The second-order valence-electron chi connectivity index (χ2n) is 5.33. The number of rotatable bonds is 4. The molecule has 0 aromatic heterocycles. The van der Waals surface area contributed by atoms with Gasteiger partial charge in [0.2, 0.25) is 0 Å². The molecule has 0 heterocycles. The Morgan fingerprint density at radius 3 is 2.25 bits per heavy atom. The number of hydrogen-bond acceptors (Lipinski definition) is 0. The van der Waals surface area contributed by atoms with Crippen molar-refractivity contribution in [3.05, 3.63) is 0 Å². The summed E-state index contributed by atoms with van der Waals surface area (Å²) in [6.07, 6.45) is 7.23. The predicted molar refractivity (Wildman–Crippen MR) is 55.2 cm³/mol. The molecule has 1 rings (SSSR count). The summed E-state index contributed by atoms with van der Waals surface area (Å²) in [7, 11) is 0. The lowest BCUT2D eigenvalue weighted by molar-refractivity contribution is 0.0928. The Balaban J connectivity index is 2.35. The van der Waals surface area contributed by atoms with E-state index in [9.17, 15) is 0 Å². The minimum Gasteiger partial charge on any atom is -0.0651 e. The van der Waals surface area contributed by atoms with Gasteiger partial charge in [-0.05, 0) is 36.5 Å². The highest BCUT2D eigenvalue weighted by Gasteiger charge is 2.34. The van der Waals surface area contributed by atoms with Crippen molar-refractivity contribution in [2.75, 3.05) is 0 Å². The summed E-state index contributed by atoms with van der Waals surface area (Å²) in [5.41, 5.74) is 0.619. The zero-order chi connectivity index (χ0) is 9.19. The van der Waals surface area contributed by atoms with Crippen LogP contribution in [0.25, 0.3) is 0 Å². The van der Waals surface area contributed by atoms with E-state index in [4.69, 9.17) is 0 Å². The van der Waals surface area contributed by atoms with Gasteiger partial charge in [-0.2, -0.15) is 0 Å². The van der Waals surface area contributed by atoms with E-state index in [1.54, 1.807) is 0 Å². The molecule has 0 nitrogen and oxygen atoms in total. The monoisotopic (exact) mass is 168 g/mol. The Morgan fingerprint density at radius 1 is 1.33 bits per heavy atom. The quantitative estimate of drug-likeness (QED) is 0.588. The molecule has 72 valence electrons. The second kappa shape index (κ2) is 3.81. The first-order chi connectivity index (χ1) is 5.56. The largest absolute Gasteiger partial charge is 0.0651 e. The van der Waals surface area contributed by atoms with Gasteiger partial charge in [0.1, 0.15) is 0 Å². The molecule has 1 aliphatic rings. The van der Waals surface area contributed by atoms with E-state index in [0.717, 1.165) is 11.8 Å². The van der Waals surface area contributed by atoms with Crippen molar-refractivity contribution >= 4 is 0 Å². The van der Waals surface area contributed by atoms with Crippen molar-refractivity contribution in [1.82, 2.24) is 0 Å². The molecule has 12 heavy (non-hydrogen) atoms. The van der Waals surface area contributed by atoms with Crippen LogP contribution < -0.4 is 0 Å². The Kier molecular flexibility index (Phi) is 3.20. The first-order valence-electron chi connectivity index (χ1n) is 5.56. The molecule has 1 fully saturated rings. The summed E-state index contributed by atoms with van der Waals surface area (Å²) in [5, 5.41) is 0. The van der Waals surface area contributed by atoms with Crippen molar-refractivity contribution in [3.8, 4) is 0 Å². The molecule has 1 unspecified atom stereocenters. The summed E-state index contributed by atoms with van der Waals surface area (Å²) in [6.45, 7) is 9.62. The van der Waals surface area contributed by atoms with Crippen LogP contribution in [0.3, 0.4) is 0 Å². The third kappa shape index (κ3) is 2.24. The van der Waals surface area contributed by atoms with E-state index in [0.29, 0.717) is 5.41 Å². The highest BCUT2D eigenvalue weighted by atomic mass is 14.4. The minimum atomic E-state index is 0.619. The van der Waals surface area contributed by atoms with Gasteiger partial charge in [-0.1, -0.05) is 40.5 Å². The van der Waals surface area contributed by atoms with Crippen LogP contribution in [0.15, 0.2) is 0 Å². The fourth-order valence-corrected chi connectivity index (χ4v) is 2.40. The molecule has 1 aliphatic carbocycles. The molecule has 0 amide bonds. The van der Waals surface area contributed by atoms with E-state index in [1.807, 2.05) is 0 Å². The van der Waals surface area contributed by atoms with Crippen LogP contribution in [-0.4, -0.2) is 0 Å². The van der Waals surface area contributed by atoms with E-state index < -0.39 is 0 Å². The molecule has 1 saturated carbocycles. The summed E-state index contributed by atoms with van der Waals surface area (Å²) >= 11 is 0. The fourth-order valence-electron chi connectivity index (χ4n) is 2.40. The first-order valence-corrected chi connectivity index (χ1v) is 5.56. The van der Waals surface area contributed by atoms with Crippen LogP contribution in [0, 0.1) is 17.3 Å². The molecule has 0 spiro atoms. The molecule has 0 saturated heterocycles. The Bertz CT molecular complexity index is 131. The summed E-state index contributed by atoms with van der Waals surface area (Å²) in [5.74, 6) is 1.95. The fraction of sp³-hybridized carbons (Fsp3) is 1.00. The predicted octanol–water partition coefficient (Wildman–Crippen LogP) is 4.25. The first kappa shape index (κ1) is 10.1. The van der Waals surface area contributed by atoms with E-state index in [1.165, 1.54) is 32.1 Å². The lowest BCUT2D eigenvalue weighted by Crippen LogP contribution is -2.31. The normalized spacial score (nSPS) is 22.0. The molecule has 1 atom stereocenters. The molecule has 0 heteroatoms. The zero-order valence-corrected chi connectivity index (χ0v) is 9.19. The van der Waals surface area contributed by atoms with Gasteiger partial charge in [0.25, 0.3) is 0 Å². The smallest absolute Gasteiger partial charge is 0.0323 e. The average Bonchev–Trinajstić information content (AvgIpc) is 1.80. The van der Waals surface area contributed by atoms with Crippen LogP contribution in [0.2, 0.25) is 0 Å². The van der Waals surface area contributed by atoms with Crippen LogP contribution in [0.5, 0.6) is 0 Å². The van der Waals surface area contributed by atoms with Gasteiger partial charge in [0.15, 0.2) is 0 Å². The third-order valence-electron chi connectivity index (χ3n) is 3.78. The average molecular weight is 168 g/mol. The summed E-state index contributed by atoms with van der Waals surface area (Å²) in [4.78, 5) is 0. The molecular formula is C12H24. The van der Waals surface area contributed by atoms with Crippen molar-refractivity contribution in [3.63, 3.8) is 0 Å². The third-order valence-corrected chi connectivity index (χ3v) is 3.78. The highest BCUT2D eigenvalue weighted by molar-refractivity contribution is 4.85. The lowest BCUT2D eigenvalue weighted by atomic mass is 9.64. The molecule has 0 aromatic carbocycles. The van der Waals surface area contributed by atoms with Gasteiger partial charge in [0.05, 0.1) is 0 Å². The Labute approximate surface area is 77.7 Å². The topological polar surface area (TPSA) is 0 Å². The lowest BCUT2D eigenvalue weighted by Gasteiger charge is -2.42. The standard InChI is InChI=1S/C12H24/c1-5-10(2)9-12(3,4)11-7-6-8-11/h10-11H,5-9H2,1-4H3. The van der Waals surface area contributed by atoms with Crippen molar-refractivity contribution < 1.29 is 0 Å². The van der Waals surface area contributed by atoms with Gasteiger partial charge >= 0.3 is 0 Å². The van der Waals surface area contributed by atoms with Gasteiger partial charge in [-0.15, -0.1) is 0 Å². The van der Waals surface area contributed by atoms with Gasteiger partial charge < -0.3 is 0 Å². The molecular weight excluding hydrogens is 144 g/mol. The SMILES string of the molecule is CCC(C)CC(C)(C)C1CCC1.